The van der Waals surface area contributed by atoms with Gasteiger partial charge in [0.25, 0.3) is 5.91 Å². The Kier molecular flexibility index (Phi) is 7.34. The summed E-state index contributed by atoms with van der Waals surface area (Å²) in [5.41, 5.74) is 10.4. The van der Waals surface area contributed by atoms with Gasteiger partial charge in [0.05, 0.1) is 39.9 Å². The average Bonchev–Trinajstić information content (AvgIpc) is 3.30. The van der Waals surface area contributed by atoms with Crippen molar-refractivity contribution in [2.24, 2.45) is 5.92 Å². The van der Waals surface area contributed by atoms with Gasteiger partial charge in [-0.1, -0.05) is 31.0 Å². The second kappa shape index (κ2) is 10.9. The highest BCUT2D eigenvalue weighted by Crippen LogP contribution is 2.33. The molecule has 200 valence electrons. The molecular formula is C29H28ClFN6O2. The molecule has 8 nitrogen and oxygen atoms in total. The first kappa shape index (κ1) is 26.4. The summed E-state index contributed by atoms with van der Waals surface area (Å²) >= 11 is 5.95. The number of benzene rings is 2. The van der Waals surface area contributed by atoms with E-state index in [-0.39, 0.29) is 34.5 Å². The van der Waals surface area contributed by atoms with E-state index in [1.54, 1.807) is 37.4 Å². The van der Waals surface area contributed by atoms with Gasteiger partial charge in [0.1, 0.15) is 5.69 Å². The summed E-state index contributed by atoms with van der Waals surface area (Å²) in [7, 11) is 0. The summed E-state index contributed by atoms with van der Waals surface area (Å²) in [6.07, 6.45) is 5.06. The molecule has 4 aromatic rings. The molecule has 0 saturated carbocycles. The van der Waals surface area contributed by atoms with Gasteiger partial charge in [0, 0.05) is 23.4 Å². The van der Waals surface area contributed by atoms with Crippen molar-refractivity contribution < 1.29 is 14.0 Å². The van der Waals surface area contributed by atoms with Gasteiger partial charge in [0.15, 0.2) is 5.82 Å². The van der Waals surface area contributed by atoms with Crippen LogP contribution in [0.3, 0.4) is 0 Å². The Morgan fingerprint density at radius 3 is 2.85 bits per heavy atom. The molecule has 10 heteroatoms. The number of aromatic nitrogens is 3. The highest BCUT2D eigenvalue weighted by Gasteiger charge is 2.24. The number of carbonyl (C=O) groups is 2. The quantitative estimate of drug-likeness (QED) is 0.279. The molecule has 2 bridgehead atoms. The van der Waals surface area contributed by atoms with Gasteiger partial charge >= 0.3 is 0 Å². The molecule has 5 rings (SSSR count). The van der Waals surface area contributed by atoms with E-state index in [9.17, 15) is 14.0 Å². The van der Waals surface area contributed by atoms with Crippen molar-refractivity contribution >= 4 is 34.8 Å². The molecule has 2 amide bonds. The van der Waals surface area contributed by atoms with Gasteiger partial charge in [0.2, 0.25) is 5.91 Å². The number of nitrogens with one attached hydrogen (secondary N) is 2. The minimum Gasteiger partial charge on any atom is -0.399 e. The van der Waals surface area contributed by atoms with E-state index in [4.69, 9.17) is 17.3 Å². The third kappa shape index (κ3) is 5.35. The Hall–Kier alpha value is -4.24. The largest absolute Gasteiger partial charge is 0.399 e. The van der Waals surface area contributed by atoms with Crippen LogP contribution < -0.4 is 16.4 Å². The van der Waals surface area contributed by atoms with Gasteiger partial charge < -0.3 is 16.4 Å². The van der Waals surface area contributed by atoms with Crippen LogP contribution in [0.2, 0.25) is 5.02 Å². The first-order valence-electron chi connectivity index (χ1n) is 12.7. The zero-order chi connectivity index (χ0) is 27.7. The van der Waals surface area contributed by atoms with E-state index < -0.39 is 5.82 Å². The second-order valence-electron chi connectivity index (χ2n) is 9.76. The number of halogens is 2. The van der Waals surface area contributed by atoms with Crippen molar-refractivity contribution in [1.82, 2.24) is 20.1 Å². The lowest BCUT2D eigenvalue weighted by molar-refractivity contribution is -0.119. The zero-order valence-corrected chi connectivity index (χ0v) is 22.3. The lowest BCUT2D eigenvalue weighted by atomic mass is 9.94. The maximum atomic E-state index is 14.6. The minimum absolute atomic E-state index is 0.0257. The normalized spacial score (nSPS) is 17.4. The van der Waals surface area contributed by atoms with Crippen molar-refractivity contribution in [3.63, 3.8) is 0 Å². The Balaban J connectivity index is 1.49. The van der Waals surface area contributed by atoms with Gasteiger partial charge in [-0.25, -0.2) is 9.07 Å². The van der Waals surface area contributed by atoms with E-state index in [0.29, 0.717) is 47.6 Å². The van der Waals surface area contributed by atoms with Crippen LogP contribution >= 0.6 is 11.6 Å². The summed E-state index contributed by atoms with van der Waals surface area (Å²) in [4.78, 5) is 30.9. The molecule has 2 atom stereocenters. The topological polar surface area (TPSA) is 115 Å². The number of hydrogen-bond donors (Lipinski definition) is 3. The van der Waals surface area contributed by atoms with Gasteiger partial charge in [-0.05, 0) is 67.8 Å². The fourth-order valence-electron chi connectivity index (χ4n) is 4.80. The van der Waals surface area contributed by atoms with Gasteiger partial charge in [-0.2, -0.15) is 5.10 Å². The molecule has 0 saturated heterocycles. The van der Waals surface area contributed by atoms with Crippen molar-refractivity contribution in [3.8, 4) is 16.9 Å². The summed E-state index contributed by atoms with van der Waals surface area (Å²) in [5.74, 6) is -1.29. The molecule has 39 heavy (non-hydrogen) atoms. The van der Waals surface area contributed by atoms with E-state index in [2.05, 4.69) is 20.7 Å². The van der Waals surface area contributed by atoms with Gasteiger partial charge in [-0.3, -0.25) is 14.6 Å². The standard InChI is InChI=1S/C29H28ClFN6O2/c1-16-5-3-7-23(18-11-12-33-24(13-18)20-10-9-19(32)14-25(20)36-28(16)38)35-29(39)21-15-34-37(17(21)2)26-8-4-6-22(30)27(26)31/h4,6,8-16,23H,3,5,7,32H2,1-2H3,(H,35,39)(H,36,38)/t16-,23+/m1/s1. The van der Waals surface area contributed by atoms with Crippen molar-refractivity contribution in [3.05, 3.63) is 88.6 Å². The molecule has 0 aliphatic carbocycles. The molecule has 1 aliphatic rings. The van der Waals surface area contributed by atoms with Gasteiger partial charge in [-0.15, -0.1) is 0 Å². The third-order valence-corrected chi connectivity index (χ3v) is 7.35. The lowest BCUT2D eigenvalue weighted by Gasteiger charge is -2.22. The van der Waals surface area contributed by atoms with Crippen LogP contribution in [0.4, 0.5) is 15.8 Å². The van der Waals surface area contributed by atoms with Crippen LogP contribution in [0.15, 0.2) is 60.9 Å². The summed E-state index contributed by atoms with van der Waals surface area (Å²) in [6.45, 7) is 3.58. The van der Waals surface area contributed by atoms with Crippen molar-refractivity contribution in [2.45, 2.75) is 39.2 Å². The molecular weight excluding hydrogens is 519 g/mol. The zero-order valence-electron chi connectivity index (χ0n) is 21.5. The lowest BCUT2D eigenvalue weighted by Crippen LogP contribution is -2.29. The van der Waals surface area contributed by atoms with Crippen LogP contribution in [0.1, 0.15) is 53.8 Å². The summed E-state index contributed by atoms with van der Waals surface area (Å²) < 4.78 is 16.0. The number of nitrogens with two attached hydrogens (primary N) is 1. The summed E-state index contributed by atoms with van der Waals surface area (Å²) in [6, 6.07) is 13.4. The van der Waals surface area contributed by atoms with Crippen LogP contribution in [-0.4, -0.2) is 26.6 Å². The molecule has 2 aromatic carbocycles. The molecule has 1 aliphatic heterocycles. The molecule has 0 spiro atoms. The van der Waals surface area contributed by atoms with Crippen LogP contribution in [-0.2, 0) is 4.79 Å². The maximum Gasteiger partial charge on any atom is 0.255 e. The molecule has 0 fully saturated rings. The van der Waals surface area contributed by atoms with Crippen molar-refractivity contribution in [2.75, 3.05) is 11.1 Å². The minimum atomic E-state index is -0.610. The van der Waals surface area contributed by atoms with Crippen LogP contribution in [0.25, 0.3) is 16.9 Å². The smallest absolute Gasteiger partial charge is 0.255 e. The number of rotatable bonds is 3. The van der Waals surface area contributed by atoms with E-state index in [0.717, 1.165) is 11.1 Å². The Bertz CT molecular complexity index is 1570. The number of amides is 2. The molecule has 0 unspecified atom stereocenters. The van der Waals surface area contributed by atoms with Crippen LogP contribution in [0.5, 0.6) is 0 Å². The average molecular weight is 547 g/mol. The molecule has 0 radical (unpaired) electrons. The monoisotopic (exact) mass is 546 g/mol. The maximum absolute atomic E-state index is 14.6. The molecule has 3 heterocycles. The number of nitrogens with zero attached hydrogens (tertiary/aromatic N) is 3. The molecule has 4 N–H and O–H groups in total. The Morgan fingerprint density at radius 2 is 2.03 bits per heavy atom. The molecule has 2 aromatic heterocycles. The number of fused-ring (bicyclic) bond motifs is 4. The highest BCUT2D eigenvalue weighted by molar-refractivity contribution is 6.30. The fourth-order valence-corrected chi connectivity index (χ4v) is 4.97. The number of carbonyl (C=O) groups excluding carboxylic acids is 2. The highest BCUT2D eigenvalue weighted by atomic mass is 35.5. The van der Waals surface area contributed by atoms with Crippen LogP contribution in [0, 0.1) is 18.7 Å². The number of hydrogen-bond acceptors (Lipinski definition) is 5. The first-order chi connectivity index (χ1) is 18.7. The predicted molar refractivity (Wildman–Crippen MR) is 149 cm³/mol. The number of nitrogen functional groups attached to an aromatic ring is 1. The van der Waals surface area contributed by atoms with Crippen molar-refractivity contribution in [1.29, 1.82) is 0 Å². The second-order valence-corrected chi connectivity index (χ2v) is 10.2. The van der Waals surface area contributed by atoms with E-state index in [1.165, 1.54) is 16.9 Å². The Morgan fingerprint density at radius 1 is 1.21 bits per heavy atom. The van der Waals surface area contributed by atoms with E-state index in [1.807, 2.05) is 25.1 Å². The third-order valence-electron chi connectivity index (χ3n) is 7.06. The Labute approximate surface area is 230 Å². The summed E-state index contributed by atoms with van der Waals surface area (Å²) in [5, 5.41) is 10.4. The number of pyridine rings is 1. The fraction of sp³-hybridized carbons (Fsp3) is 0.241. The van der Waals surface area contributed by atoms with E-state index >= 15 is 0 Å². The predicted octanol–water partition coefficient (Wildman–Crippen LogP) is 5.85. The number of anilines is 2. The SMILES string of the molecule is Cc1c(C(=O)N[C@H]2CCC[C@@H](C)C(=O)Nc3cc(N)ccc3-c3cc2ccn3)cnn1-c1cccc(Cl)c1F. The first-order valence-corrected chi connectivity index (χ1v) is 13.1.